The lowest BCUT2D eigenvalue weighted by Crippen LogP contribution is -1.96. The average molecular weight is 262 g/mol. The second-order valence-electron chi connectivity index (χ2n) is 3.89. The minimum atomic E-state index is -0.449. The number of methoxy groups -OCH3 is 3. The fraction of sp³-hybridized carbons (Fsp3) is 0.200. The van der Waals surface area contributed by atoms with Gasteiger partial charge in [-0.3, -0.25) is 0 Å². The number of hydrogen-bond donors (Lipinski definition) is 0. The van der Waals surface area contributed by atoms with E-state index in [9.17, 15) is 4.39 Å². The molecule has 4 heteroatoms. The summed E-state index contributed by atoms with van der Waals surface area (Å²) in [6.07, 6.45) is 0. The summed E-state index contributed by atoms with van der Waals surface area (Å²) < 4.78 is 29.7. The summed E-state index contributed by atoms with van der Waals surface area (Å²) >= 11 is 0. The van der Waals surface area contributed by atoms with Crippen LogP contribution >= 0.6 is 0 Å². The van der Waals surface area contributed by atoms with Gasteiger partial charge in [-0.15, -0.1) is 0 Å². The first-order chi connectivity index (χ1) is 9.21. The van der Waals surface area contributed by atoms with Crippen molar-refractivity contribution in [3.63, 3.8) is 0 Å². The Bertz CT molecular complexity index is 582. The van der Waals surface area contributed by atoms with E-state index in [-0.39, 0.29) is 5.75 Å². The van der Waals surface area contributed by atoms with Crippen molar-refractivity contribution in [2.45, 2.75) is 0 Å². The summed E-state index contributed by atoms with van der Waals surface area (Å²) in [5.74, 6) is 0.691. The van der Waals surface area contributed by atoms with Crippen LogP contribution in [0.1, 0.15) is 0 Å². The summed E-state index contributed by atoms with van der Waals surface area (Å²) in [7, 11) is 4.46. The van der Waals surface area contributed by atoms with Gasteiger partial charge in [0.05, 0.1) is 21.3 Å². The molecule has 0 aliphatic rings. The molecule has 3 nitrogen and oxygen atoms in total. The van der Waals surface area contributed by atoms with Gasteiger partial charge in [0.1, 0.15) is 5.75 Å². The van der Waals surface area contributed by atoms with Crippen LogP contribution in [-0.2, 0) is 0 Å². The molecular formula is C15H15FO3. The first-order valence-electron chi connectivity index (χ1n) is 5.76. The van der Waals surface area contributed by atoms with Gasteiger partial charge < -0.3 is 14.2 Å². The van der Waals surface area contributed by atoms with Gasteiger partial charge in [0, 0.05) is 5.56 Å². The third kappa shape index (κ3) is 2.47. The largest absolute Gasteiger partial charge is 0.497 e. The molecule has 0 aromatic heterocycles. The van der Waals surface area contributed by atoms with E-state index in [0.717, 1.165) is 5.56 Å². The molecule has 2 aromatic rings. The molecule has 0 saturated carbocycles. The second-order valence-corrected chi connectivity index (χ2v) is 3.89. The lowest BCUT2D eigenvalue weighted by molar-refractivity contribution is 0.338. The summed E-state index contributed by atoms with van der Waals surface area (Å²) in [5, 5.41) is 0. The van der Waals surface area contributed by atoms with Crippen LogP contribution < -0.4 is 14.2 Å². The molecule has 0 heterocycles. The fourth-order valence-electron chi connectivity index (χ4n) is 1.90. The van der Waals surface area contributed by atoms with Crippen molar-refractivity contribution in [3.8, 4) is 28.4 Å². The highest BCUT2D eigenvalue weighted by molar-refractivity contribution is 5.69. The van der Waals surface area contributed by atoms with Crippen molar-refractivity contribution >= 4 is 0 Å². The van der Waals surface area contributed by atoms with Gasteiger partial charge in [-0.25, -0.2) is 4.39 Å². The molecule has 0 saturated heterocycles. The van der Waals surface area contributed by atoms with Gasteiger partial charge in [0.25, 0.3) is 0 Å². The minimum Gasteiger partial charge on any atom is -0.497 e. The molecule has 0 N–H and O–H groups in total. The van der Waals surface area contributed by atoms with E-state index in [2.05, 4.69) is 0 Å². The fourth-order valence-corrected chi connectivity index (χ4v) is 1.90. The van der Waals surface area contributed by atoms with E-state index in [0.29, 0.717) is 17.1 Å². The topological polar surface area (TPSA) is 27.7 Å². The van der Waals surface area contributed by atoms with Gasteiger partial charge in [-0.2, -0.15) is 0 Å². The maximum absolute atomic E-state index is 14.4. The van der Waals surface area contributed by atoms with Crippen molar-refractivity contribution in [3.05, 3.63) is 42.2 Å². The van der Waals surface area contributed by atoms with Crippen molar-refractivity contribution in [1.29, 1.82) is 0 Å². The smallest absolute Gasteiger partial charge is 0.197 e. The van der Waals surface area contributed by atoms with E-state index >= 15 is 0 Å². The highest BCUT2D eigenvalue weighted by atomic mass is 19.1. The van der Waals surface area contributed by atoms with Crippen LogP contribution in [-0.4, -0.2) is 21.3 Å². The van der Waals surface area contributed by atoms with Crippen molar-refractivity contribution in [2.75, 3.05) is 21.3 Å². The summed E-state index contributed by atoms with van der Waals surface area (Å²) in [6.45, 7) is 0. The normalized spacial score (nSPS) is 10.1. The van der Waals surface area contributed by atoms with Crippen LogP contribution in [0.15, 0.2) is 36.4 Å². The van der Waals surface area contributed by atoms with Gasteiger partial charge in [0.2, 0.25) is 0 Å². The predicted molar refractivity (Wildman–Crippen MR) is 71.5 cm³/mol. The molecule has 2 rings (SSSR count). The van der Waals surface area contributed by atoms with Crippen molar-refractivity contribution < 1.29 is 18.6 Å². The highest BCUT2D eigenvalue weighted by Crippen LogP contribution is 2.37. The molecule has 0 fully saturated rings. The molecule has 100 valence electrons. The molecular weight excluding hydrogens is 247 g/mol. The minimum absolute atomic E-state index is 0.0998. The van der Waals surface area contributed by atoms with Gasteiger partial charge in [0.15, 0.2) is 17.3 Å². The molecule has 0 bridgehead atoms. The number of rotatable bonds is 4. The average Bonchev–Trinajstić information content (AvgIpc) is 2.46. The van der Waals surface area contributed by atoms with E-state index in [1.54, 1.807) is 25.3 Å². The Labute approximate surface area is 111 Å². The number of hydrogen-bond acceptors (Lipinski definition) is 3. The highest BCUT2D eigenvalue weighted by Gasteiger charge is 2.16. The third-order valence-electron chi connectivity index (χ3n) is 2.87. The third-order valence-corrected chi connectivity index (χ3v) is 2.87. The van der Waals surface area contributed by atoms with Gasteiger partial charge in [-0.05, 0) is 29.8 Å². The molecule has 0 aliphatic heterocycles. The van der Waals surface area contributed by atoms with Crippen LogP contribution in [0, 0.1) is 5.82 Å². The molecule has 0 unspecified atom stereocenters. The van der Waals surface area contributed by atoms with E-state index in [1.807, 2.05) is 18.2 Å². The Morgan fingerprint density at radius 1 is 0.895 bits per heavy atom. The van der Waals surface area contributed by atoms with Crippen LogP contribution in [0.5, 0.6) is 17.2 Å². The quantitative estimate of drug-likeness (QED) is 0.843. The molecule has 2 aromatic carbocycles. The summed E-state index contributed by atoms with van der Waals surface area (Å²) in [4.78, 5) is 0. The Morgan fingerprint density at radius 2 is 1.68 bits per heavy atom. The maximum Gasteiger partial charge on any atom is 0.197 e. The predicted octanol–water partition coefficient (Wildman–Crippen LogP) is 3.52. The van der Waals surface area contributed by atoms with E-state index in [4.69, 9.17) is 14.2 Å². The molecule has 19 heavy (non-hydrogen) atoms. The molecule has 0 aliphatic carbocycles. The van der Waals surface area contributed by atoms with E-state index < -0.39 is 5.82 Å². The van der Waals surface area contributed by atoms with Gasteiger partial charge >= 0.3 is 0 Å². The Morgan fingerprint density at radius 3 is 2.32 bits per heavy atom. The monoisotopic (exact) mass is 262 g/mol. The maximum atomic E-state index is 14.4. The zero-order chi connectivity index (χ0) is 13.8. The van der Waals surface area contributed by atoms with Crippen LogP contribution in [0.25, 0.3) is 11.1 Å². The van der Waals surface area contributed by atoms with Crippen LogP contribution in [0.4, 0.5) is 4.39 Å². The SMILES string of the molecule is COc1cccc(-c2ccc(OC)c(OC)c2F)c1. The molecule has 0 atom stereocenters. The summed E-state index contributed by atoms with van der Waals surface area (Å²) in [6, 6.07) is 10.5. The second kappa shape index (κ2) is 5.61. The zero-order valence-electron chi connectivity index (χ0n) is 11.1. The first-order valence-corrected chi connectivity index (χ1v) is 5.76. The number of halogens is 1. The molecule has 0 amide bonds. The Kier molecular flexibility index (Phi) is 3.90. The van der Waals surface area contributed by atoms with Crippen LogP contribution in [0.2, 0.25) is 0 Å². The number of ether oxygens (including phenoxy) is 3. The molecule has 0 radical (unpaired) electrons. The van der Waals surface area contributed by atoms with Crippen LogP contribution in [0.3, 0.4) is 0 Å². The lowest BCUT2D eigenvalue weighted by atomic mass is 10.0. The molecule has 0 spiro atoms. The lowest BCUT2D eigenvalue weighted by Gasteiger charge is -2.12. The van der Waals surface area contributed by atoms with E-state index in [1.165, 1.54) is 14.2 Å². The first kappa shape index (κ1) is 13.2. The van der Waals surface area contributed by atoms with Crippen molar-refractivity contribution in [1.82, 2.24) is 0 Å². The Hall–Kier alpha value is -2.23. The van der Waals surface area contributed by atoms with Gasteiger partial charge in [-0.1, -0.05) is 12.1 Å². The van der Waals surface area contributed by atoms with Crippen molar-refractivity contribution in [2.24, 2.45) is 0 Å². The number of benzene rings is 2. The standard InChI is InChI=1S/C15H15FO3/c1-17-11-6-4-5-10(9-11)12-7-8-13(18-2)15(19-3)14(12)16/h4-9H,1-3H3. The Balaban J connectivity index is 2.56. The zero-order valence-corrected chi connectivity index (χ0v) is 11.1. The summed E-state index contributed by atoms with van der Waals surface area (Å²) in [5.41, 5.74) is 1.16.